The first-order valence-corrected chi connectivity index (χ1v) is 10.9. The lowest BCUT2D eigenvalue weighted by Crippen LogP contribution is -2.44. The fourth-order valence-corrected chi connectivity index (χ4v) is 5.56. The quantitative estimate of drug-likeness (QED) is 0.308. The van der Waals surface area contributed by atoms with Crippen molar-refractivity contribution in [3.8, 4) is 5.75 Å². The molecule has 0 aliphatic carbocycles. The maximum absolute atomic E-state index is 12.5. The van der Waals surface area contributed by atoms with Crippen LogP contribution in [-0.2, 0) is 4.79 Å². The summed E-state index contributed by atoms with van der Waals surface area (Å²) >= 11 is 11.7. The zero-order chi connectivity index (χ0) is 18.1. The summed E-state index contributed by atoms with van der Waals surface area (Å²) in [6.45, 7) is 0. The van der Waals surface area contributed by atoms with Crippen LogP contribution in [0.25, 0.3) is 6.08 Å². The van der Waals surface area contributed by atoms with E-state index in [2.05, 4.69) is 5.43 Å². The molecule has 10 heteroatoms. The number of hydrogen-bond acceptors (Lipinski definition) is 6. The van der Waals surface area contributed by atoms with Gasteiger partial charge in [-0.3, -0.25) is 15.0 Å². The molecule has 2 N–H and O–H groups in total. The van der Waals surface area contributed by atoms with E-state index in [1.165, 1.54) is 11.3 Å². The molecule has 1 aromatic carbocycles. The molecule has 0 radical (unpaired) electrons. The van der Waals surface area contributed by atoms with Gasteiger partial charge in [-0.15, -0.1) is 11.3 Å². The van der Waals surface area contributed by atoms with Crippen LogP contribution < -0.4 is 5.43 Å². The average molecular weight is 614 g/mol. The lowest BCUT2D eigenvalue weighted by molar-refractivity contribution is -0.123. The maximum atomic E-state index is 12.5. The van der Waals surface area contributed by atoms with Gasteiger partial charge >= 0.3 is 0 Å². The van der Waals surface area contributed by atoms with Gasteiger partial charge in [-0.2, -0.15) is 5.01 Å². The highest BCUT2D eigenvalue weighted by Crippen LogP contribution is 2.34. The molecule has 0 unspecified atom stereocenters. The molecule has 3 rings (SSSR count). The monoisotopic (exact) mass is 614 g/mol. The third kappa shape index (κ3) is 4.18. The van der Waals surface area contributed by atoms with Crippen LogP contribution in [0.15, 0.2) is 34.6 Å². The predicted molar refractivity (Wildman–Crippen MR) is 120 cm³/mol. The highest BCUT2D eigenvalue weighted by atomic mass is 127. The Kier molecular flexibility index (Phi) is 6.03. The number of phenols is 1. The standard InChI is InChI=1S/C15H8I2N2O3S3/c16-8-4-7(5-9(17)12(8)20)6-11-14(22)19(15(23)25-11)18-13(21)10-2-1-3-24-10/h1-6,20H,(H,18,21)/b11-6+. The van der Waals surface area contributed by atoms with E-state index in [9.17, 15) is 14.7 Å². The number of hydrazine groups is 1. The summed E-state index contributed by atoms with van der Waals surface area (Å²) < 4.78 is 1.65. The number of carbonyl (C=O) groups excluding carboxylic acids is 2. The largest absolute Gasteiger partial charge is 0.506 e. The summed E-state index contributed by atoms with van der Waals surface area (Å²) in [5.41, 5.74) is 3.31. The van der Waals surface area contributed by atoms with Crippen molar-refractivity contribution in [1.82, 2.24) is 10.4 Å². The number of halogens is 2. The summed E-state index contributed by atoms with van der Waals surface area (Å²) in [4.78, 5) is 25.6. The summed E-state index contributed by atoms with van der Waals surface area (Å²) in [7, 11) is 0. The van der Waals surface area contributed by atoms with Crippen LogP contribution in [0.3, 0.4) is 0 Å². The van der Waals surface area contributed by atoms with Gasteiger partial charge in [0, 0.05) is 0 Å². The van der Waals surface area contributed by atoms with Crippen LogP contribution in [0.4, 0.5) is 0 Å². The number of nitrogens with one attached hydrogen (secondary N) is 1. The number of rotatable bonds is 3. The first-order valence-electron chi connectivity index (χ1n) is 6.67. The molecule has 1 aromatic heterocycles. The highest BCUT2D eigenvalue weighted by Gasteiger charge is 2.34. The van der Waals surface area contributed by atoms with Gasteiger partial charge in [0.05, 0.1) is 16.9 Å². The molecule has 0 atom stereocenters. The Morgan fingerprint density at radius 2 is 2.00 bits per heavy atom. The molecule has 0 bridgehead atoms. The third-order valence-corrected chi connectivity index (χ3v) is 6.90. The minimum absolute atomic E-state index is 0.217. The first-order chi connectivity index (χ1) is 11.9. The minimum Gasteiger partial charge on any atom is -0.506 e. The molecule has 5 nitrogen and oxygen atoms in total. The van der Waals surface area contributed by atoms with Gasteiger partial charge in [0.1, 0.15) is 5.75 Å². The fraction of sp³-hybridized carbons (Fsp3) is 0. The smallest absolute Gasteiger partial charge is 0.285 e. The number of carbonyl (C=O) groups is 2. The number of nitrogens with zero attached hydrogens (tertiary/aromatic N) is 1. The van der Waals surface area contributed by atoms with Crippen LogP contribution in [0.2, 0.25) is 0 Å². The number of thioether (sulfide) groups is 1. The molecule has 128 valence electrons. The maximum Gasteiger partial charge on any atom is 0.285 e. The number of thiocarbonyl (C=S) groups is 1. The van der Waals surface area contributed by atoms with E-state index in [1.54, 1.807) is 35.7 Å². The second-order valence-corrected chi connectivity index (χ2v) is 9.72. The highest BCUT2D eigenvalue weighted by molar-refractivity contribution is 14.1. The Labute approximate surface area is 184 Å². The molecule has 1 aliphatic rings. The van der Waals surface area contributed by atoms with E-state index in [0.717, 1.165) is 22.3 Å². The van der Waals surface area contributed by atoms with Gasteiger partial charge in [-0.05, 0) is 92.6 Å². The van der Waals surface area contributed by atoms with E-state index in [1.807, 2.05) is 45.2 Å². The lowest BCUT2D eigenvalue weighted by atomic mass is 10.2. The van der Waals surface area contributed by atoms with Gasteiger partial charge in [-0.1, -0.05) is 17.8 Å². The van der Waals surface area contributed by atoms with Gasteiger partial charge in [0.2, 0.25) is 0 Å². The molecule has 0 saturated carbocycles. The molecule has 1 saturated heterocycles. The normalized spacial score (nSPS) is 15.9. The van der Waals surface area contributed by atoms with Crippen molar-refractivity contribution < 1.29 is 14.7 Å². The van der Waals surface area contributed by atoms with Gasteiger partial charge < -0.3 is 5.11 Å². The fourth-order valence-electron chi connectivity index (χ4n) is 1.95. The summed E-state index contributed by atoms with van der Waals surface area (Å²) in [5, 5.41) is 12.7. The number of phenolic OH excluding ortho intramolecular Hbond substituents is 1. The number of hydrogen-bond donors (Lipinski definition) is 2. The van der Waals surface area contributed by atoms with Crippen LogP contribution in [0.5, 0.6) is 5.75 Å². The van der Waals surface area contributed by atoms with E-state index >= 15 is 0 Å². The van der Waals surface area contributed by atoms with Crippen molar-refractivity contribution in [1.29, 1.82) is 0 Å². The van der Waals surface area contributed by atoms with Gasteiger partial charge in [0.15, 0.2) is 4.32 Å². The summed E-state index contributed by atoms with van der Waals surface area (Å²) in [6.07, 6.45) is 1.69. The van der Waals surface area contributed by atoms with E-state index in [-0.39, 0.29) is 21.9 Å². The Bertz CT molecular complexity index is 890. The molecule has 0 spiro atoms. The topological polar surface area (TPSA) is 69.6 Å². The summed E-state index contributed by atoms with van der Waals surface area (Å²) in [5.74, 6) is -0.534. The molecule has 2 aromatic rings. The predicted octanol–water partition coefficient (Wildman–Crippen LogP) is 4.21. The Morgan fingerprint density at radius 1 is 1.32 bits per heavy atom. The van der Waals surface area contributed by atoms with Crippen LogP contribution in [-0.4, -0.2) is 26.3 Å². The van der Waals surface area contributed by atoms with Crippen molar-refractivity contribution >= 4 is 103 Å². The average Bonchev–Trinajstić information content (AvgIpc) is 3.17. The van der Waals surface area contributed by atoms with E-state index in [4.69, 9.17) is 12.2 Å². The van der Waals surface area contributed by atoms with Crippen molar-refractivity contribution in [2.75, 3.05) is 0 Å². The van der Waals surface area contributed by atoms with Crippen molar-refractivity contribution in [3.63, 3.8) is 0 Å². The van der Waals surface area contributed by atoms with Crippen molar-refractivity contribution in [3.05, 3.63) is 52.1 Å². The van der Waals surface area contributed by atoms with Crippen LogP contribution >= 0.6 is 80.5 Å². The molecule has 2 amide bonds. The number of benzene rings is 1. The molecule has 1 fully saturated rings. The lowest BCUT2D eigenvalue weighted by Gasteiger charge is -2.14. The van der Waals surface area contributed by atoms with E-state index in [0.29, 0.717) is 16.9 Å². The zero-order valence-electron chi connectivity index (χ0n) is 12.2. The molecular weight excluding hydrogens is 606 g/mol. The van der Waals surface area contributed by atoms with E-state index < -0.39 is 0 Å². The SMILES string of the molecule is O=C(NN1C(=O)/C(=C\c2cc(I)c(O)c(I)c2)SC1=S)c1cccs1. The number of thiophene rings is 1. The summed E-state index contributed by atoms with van der Waals surface area (Å²) in [6, 6.07) is 6.98. The van der Waals surface area contributed by atoms with Crippen molar-refractivity contribution in [2.45, 2.75) is 0 Å². The number of amides is 2. The molecular formula is C15H8I2N2O3S3. The van der Waals surface area contributed by atoms with Gasteiger partial charge in [0.25, 0.3) is 11.8 Å². The Morgan fingerprint density at radius 3 is 2.60 bits per heavy atom. The van der Waals surface area contributed by atoms with Crippen LogP contribution in [0.1, 0.15) is 15.2 Å². The first kappa shape index (κ1) is 19.1. The minimum atomic E-state index is -0.377. The third-order valence-electron chi connectivity index (χ3n) is 3.09. The zero-order valence-corrected chi connectivity index (χ0v) is 18.9. The Balaban J connectivity index is 1.82. The molecule has 2 heterocycles. The molecule has 1 aliphatic heterocycles. The van der Waals surface area contributed by atoms with Crippen LogP contribution in [0, 0.1) is 7.14 Å². The second-order valence-electron chi connectivity index (χ2n) is 4.77. The second kappa shape index (κ2) is 7.90. The van der Waals surface area contributed by atoms with Crippen molar-refractivity contribution in [2.24, 2.45) is 0 Å². The Hall–Kier alpha value is -0.700. The van der Waals surface area contributed by atoms with Gasteiger partial charge in [-0.25, -0.2) is 0 Å². The molecule has 25 heavy (non-hydrogen) atoms. The number of aromatic hydroxyl groups is 1.